The highest BCUT2D eigenvalue weighted by atomic mass is 19.1. The van der Waals surface area contributed by atoms with Crippen LogP contribution in [-0.2, 0) is 0 Å². The maximum atomic E-state index is 14.5. The second kappa shape index (κ2) is 5.83. The molecule has 1 N–H and O–H groups in total. The molecule has 120 valence electrons. The largest absolute Gasteiger partial charge is 0.465 e. The predicted octanol–water partition coefficient (Wildman–Crippen LogP) is 2.28. The van der Waals surface area contributed by atoms with Gasteiger partial charge < -0.3 is 10.0 Å². The molecule has 0 atom stereocenters. The van der Waals surface area contributed by atoms with Crippen LogP contribution in [0.3, 0.4) is 0 Å². The van der Waals surface area contributed by atoms with Crippen molar-refractivity contribution in [2.45, 2.75) is 12.8 Å². The van der Waals surface area contributed by atoms with Crippen molar-refractivity contribution in [1.29, 1.82) is 0 Å². The number of hydrogen-bond donors (Lipinski definition) is 1. The number of carbonyl (C=O) groups excluding carboxylic acids is 2. The lowest BCUT2D eigenvalue weighted by atomic mass is 10.0. The summed E-state index contributed by atoms with van der Waals surface area (Å²) in [7, 11) is 0. The van der Waals surface area contributed by atoms with Crippen molar-refractivity contribution in [2.75, 3.05) is 19.6 Å². The Bertz CT molecular complexity index is 694. The van der Waals surface area contributed by atoms with Gasteiger partial charge in [-0.2, -0.15) is 0 Å². The van der Waals surface area contributed by atoms with Crippen LogP contribution >= 0.6 is 0 Å². The van der Waals surface area contributed by atoms with Gasteiger partial charge in [0.05, 0.1) is 17.7 Å². The average molecular weight is 318 g/mol. The van der Waals surface area contributed by atoms with E-state index in [1.807, 2.05) is 0 Å². The first-order chi connectivity index (χ1) is 11.0. The first kappa shape index (κ1) is 15.2. The van der Waals surface area contributed by atoms with E-state index in [1.165, 1.54) is 12.1 Å². The van der Waals surface area contributed by atoms with Crippen molar-refractivity contribution in [2.24, 2.45) is 0 Å². The fourth-order valence-electron chi connectivity index (χ4n) is 2.89. The Kier molecular flexibility index (Phi) is 3.85. The lowest BCUT2D eigenvalue weighted by Gasteiger charge is -2.27. The van der Waals surface area contributed by atoms with Crippen molar-refractivity contribution in [3.8, 4) is 0 Å². The van der Waals surface area contributed by atoms with Gasteiger partial charge in [0.1, 0.15) is 5.83 Å². The van der Waals surface area contributed by atoms with E-state index in [1.54, 1.807) is 12.1 Å². The molecule has 1 aromatic rings. The molecular formula is C16H15FN2O4. The summed E-state index contributed by atoms with van der Waals surface area (Å²) in [6.45, 7) is -0.112. The molecule has 2 heterocycles. The molecule has 0 aliphatic carbocycles. The van der Waals surface area contributed by atoms with Gasteiger partial charge in [-0.3, -0.25) is 14.5 Å². The fraction of sp³-hybridized carbons (Fsp3) is 0.312. The van der Waals surface area contributed by atoms with Crippen molar-refractivity contribution in [3.63, 3.8) is 0 Å². The van der Waals surface area contributed by atoms with Gasteiger partial charge >= 0.3 is 6.09 Å². The minimum absolute atomic E-state index is 0.0235. The Labute approximate surface area is 131 Å². The van der Waals surface area contributed by atoms with Crippen LogP contribution in [0.4, 0.5) is 9.18 Å². The first-order valence-corrected chi connectivity index (χ1v) is 7.28. The monoisotopic (exact) mass is 318 g/mol. The summed E-state index contributed by atoms with van der Waals surface area (Å²) in [6, 6.07) is 6.36. The number of piperidine rings is 1. The third-order valence-corrected chi connectivity index (χ3v) is 4.12. The number of rotatable bonds is 2. The minimum Gasteiger partial charge on any atom is -0.465 e. The van der Waals surface area contributed by atoms with Gasteiger partial charge in [-0.25, -0.2) is 9.18 Å². The van der Waals surface area contributed by atoms with Gasteiger partial charge in [0.2, 0.25) is 0 Å². The highest BCUT2D eigenvalue weighted by Crippen LogP contribution is 2.26. The summed E-state index contributed by atoms with van der Waals surface area (Å²) >= 11 is 0. The molecule has 6 nitrogen and oxygen atoms in total. The van der Waals surface area contributed by atoms with E-state index in [4.69, 9.17) is 5.11 Å². The topological polar surface area (TPSA) is 77.9 Å². The van der Waals surface area contributed by atoms with Crippen LogP contribution in [0.1, 0.15) is 33.6 Å². The molecule has 0 spiro atoms. The number of benzene rings is 1. The number of carboxylic acid groups (broad SMARTS) is 1. The van der Waals surface area contributed by atoms with E-state index in [9.17, 15) is 18.8 Å². The van der Waals surface area contributed by atoms with Crippen LogP contribution in [0.2, 0.25) is 0 Å². The normalized spacial score (nSPS) is 19.9. The van der Waals surface area contributed by atoms with Crippen molar-refractivity contribution >= 4 is 17.9 Å². The van der Waals surface area contributed by atoms with Gasteiger partial charge in [0.15, 0.2) is 0 Å². The third kappa shape index (κ3) is 2.69. The summed E-state index contributed by atoms with van der Waals surface area (Å²) in [5.74, 6) is -1.65. The number of amides is 3. The lowest BCUT2D eigenvalue weighted by molar-refractivity contribution is 0.0658. The SMILES string of the molecule is O=C(O)N1CCCC(=C(F)CN2C(=O)c3ccccc3C2=O)C1. The van der Waals surface area contributed by atoms with Crippen molar-refractivity contribution < 1.29 is 23.9 Å². The van der Waals surface area contributed by atoms with E-state index in [-0.39, 0.29) is 17.7 Å². The van der Waals surface area contributed by atoms with Gasteiger partial charge in [-0.1, -0.05) is 12.1 Å². The van der Waals surface area contributed by atoms with Crippen molar-refractivity contribution in [3.05, 3.63) is 46.8 Å². The molecule has 0 aromatic heterocycles. The number of hydrogen-bond acceptors (Lipinski definition) is 3. The maximum Gasteiger partial charge on any atom is 0.407 e. The Morgan fingerprint density at radius 1 is 1.17 bits per heavy atom. The Morgan fingerprint density at radius 2 is 1.78 bits per heavy atom. The van der Waals surface area contributed by atoms with E-state index in [0.29, 0.717) is 25.0 Å². The summed E-state index contributed by atoms with van der Waals surface area (Å²) in [4.78, 5) is 37.4. The Balaban J connectivity index is 1.80. The Morgan fingerprint density at radius 3 is 2.35 bits per heavy atom. The molecular weight excluding hydrogens is 303 g/mol. The third-order valence-electron chi connectivity index (χ3n) is 4.12. The molecule has 0 saturated carbocycles. The number of carbonyl (C=O) groups is 3. The molecule has 2 aliphatic heterocycles. The molecule has 0 radical (unpaired) electrons. The number of halogens is 1. The van der Waals surface area contributed by atoms with E-state index < -0.39 is 30.3 Å². The number of likely N-dealkylation sites (tertiary alicyclic amines) is 1. The molecule has 2 aliphatic rings. The van der Waals surface area contributed by atoms with Crippen molar-refractivity contribution in [1.82, 2.24) is 9.80 Å². The van der Waals surface area contributed by atoms with Crippen LogP contribution in [0.5, 0.6) is 0 Å². The zero-order valence-electron chi connectivity index (χ0n) is 12.3. The smallest absolute Gasteiger partial charge is 0.407 e. The van der Waals surface area contributed by atoms with Crippen LogP contribution in [0.15, 0.2) is 35.7 Å². The fourth-order valence-corrected chi connectivity index (χ4v) is 2.89. The maximum absolute atomic E-state index is 14.5. The first-order valence-electron chi connectivity index (χ1n) is 7.28. The predicted molar refractivity (Wildman–Crippen MR) is 78.8 cm³/mol. The Hall–Kier alpha value is -2.70. The van der Waals surface area contributed by atoms with Crippen LogP contribution < -0.4 is 0 Å². The molecule has 1 fully saturated rings. The van der Waals surface area contributed by atoms with Crippen LogP contribution in [0.25, 0.3) is 0 Å². The second-order valence-electron chi connectivity index (χ2n) is 5.56. The van der Waals surface area contributed by atoms with Gasteiger partial charge in [0, 0.05) is 13.1 Å². The van der Waals surface area contributed by atoms with Gasteiger partial charge in [-0.15, -0.1) is 0 Å². The summed E-state index contributed by atoms with van der Waals surface area (Å²) in [5.41, 5.74) is 0.868. The molecule has 3 rings (SSSR count). The highest BCUT2D eigenvalue weighted by molar-refractivity contribution is 6.21. The number of imide groups is 1. The minimum atomic E-state index is -1.10. The molecule has 3 amide bonds. The molecule has 1 saturated heterocycles. The van der Waals surface area contributed by atoms with E-state index in [2.05, 4.69) is 0 Å². The molecule has 7 heteroatoms. The zero-order chi connectivity index (χ0) is 16.6. The second-order valence-corrected chi connectivity index (χ2v) is 5.56. The average Bonchev–Trinajstić information content (AvgIpc) is 2.80. The number of fused-ring (bicyclic) bond motifs is 1. The molecule has 1 aromatic carbocycles. The van der Waals surface area contributed by atoms with Gasteiger partial charge in [0.25, 0.3) is 11.8 Å². The van der Waals surface area contributed by atoms with Gasteiger partial charge in [-0.05, 0) is 30.5 Å². The number of nitrogens with zero attached hydrogens (tertiary/aromatic N) is 2. The summed E-state index contributed by atoms with van der Waals surface area (Å²) in [5, 5.41) is 8.99. The van der Waals surface area contributed by atoms with E-state index in [0.717, 1.165) is 9.80 Å². The molecule has 23 heavy (non-hydrogen) atoms. The standard InChI is InChI=1S/C16H15FN2O4/c17-13(10-4-3-7-18(8-10)16(22)23)9-19-14(20)11-5-1-2-6-12(11)15(19)21/h1-2,5-6H,3-4,7-9H2,(H,22,23). The highest BCUT2D eigenvalue weighted by Gasteiger charge is 2.36. The van der Waals surface area contributed by atoms with E-state index >= 15 is 0 Å². The molecule has 0 bridgehead atoms. The molecule has 0 unspecified atom stereocenters. The zero-order valence-corrected chi connectivity index (χ0v) is 12.3. The summed E-state index contributed by atoms with van der Waals surface area (Å²) < 4.78 is 14.5. The summed E-state index contributed by atoms with van der Waals surface area (Å²) in [6.07, 6.45) is -0.147. The van der Waals surface area contributed by atoms with Crippen LogP contribution in [0, 0.1) is 0 Å². The van der Waals surface area contributed by atoms with Crippen LogP contribution in [-0.4, -0.2) is 52.4 Å². The quantitative estimate of drug-likeness (QED) is 0.849. The lowest BCUT2D eigenvalue weighted by Crippen LogP contribution is -2.37.